The van der Waals surface area contributed by atoms with Crippen molar-refractivity contribution in [2.24, 2.45) is 0 Å². The molecule has 0 saturated heterocycles. The molecule has 176 valence electrons. The highest BCUT2D eigenvalue weighted by atomic mass is 16.5. The molecule has 4 aromatic rings. The summed E-state index contributed by atoms with van der Waals surface area (Å²) in [5.41, 5.74) is 4.18. The third kappa shape index (κ3) is 4.41. The second-order valence-corrected chi connectivity index (χ2v) is 9.03. The molecule has 1 N–H and O–H groups in total. The molecule has 2 aromatic carbocycles. The number of ether oxygens (including phenoxy) is 2. The molecule has 5 rings (SSSR count). The van der Waals surface area contributed by atoms with E-state index in [4.69, 9.17) is 19.4 Å². The van der Waals surface area contributed by atoms with Gasteiger partial charge in [-0.25, -0.2) is 9.97 Å². The highest BCUT2D eigenvalue weighted by Gasteiger charge is 2.26. The van der Waals surface area contributed by atoms with Crippen molar-refractivity contribution in [3.8, 4) is 22.6 Å². The normalized spacial score (nSPS) is 15.3. The number of fused-ring (bicyclic) bond motifs is 2. The number of nitrogens with zero attached hydrogens (tertiary/aromatic N) is 5. The Kier molecular flexibility index (Phi) is 6.06. The minimum absolute atomic E-state index is 0.0681. The first-order valence-corrected chi connectivity index (χ1v) is 11.5. The Labute approximate surface area is 199 Å². The molecule has 0 saturated carbocycles. The number of methoxy groups -OCH3 is 1. The molecule has 0 spiro atoms. The standard InChI is InChI=1S/C26H30N6O2/c1-31(2)9-10-32(3)26-22-13-17(20-14-27-28-15-20)5-7-23(22)29-25(30-26)19-11-18-12-21(33-4)6-8-24(18)34-16-19/h5-8,12-15,19H,9-11,16H2,1-4H3,(H,27,28)/t19-/m1/s1. The number of aromatic amines is 1. The molecule has 0 fully saturated rings. The van der Waals surface area contributed by atoms with Crippen LogP contribution in [0.15, 0.2) is 48.8 Å². The lowest BCUT2D eigenvalue weighted by Crippen LogP contribution is -2.30. The molecular formula is C26H30N6O2. The Balaban J connectivity index is 1.55. The SMILES string of the molecule is COc1ccc2c(c1)C[C@@H](c1nc(N(C)CCN(C)C)c3cc(-c4cn[nH]c4)ccc3n1)CO2. The molecule has 0 bridgehead atoms. The number of benzene rings is 2. The largest absolute Gasteiger partial charge is 0.497 e. The van der Waals surface area contributed by atoms with Crippen molar-refractivity contribution in [2.75, 3.05) is 52.8 Å². The predicted octanol–water partition coefficient (Wildman–Crippen LogP) is 3.75. The number of hydrogen-bond acceptors (Lipinski definition) is 7. The number of rotatable bonds is 7. The van der Waals surface area contributed by atoms with Crippen molar-refractivity contribution < 1.29 is 9.47 Å². The lowest BCUT2D eigenvalue weighted by Gasteiger charge is -2.27. The summed E-state index contributed by atoms with van der Waals surface area (Å²) < 4.78 is 11.5. The molecule has 2 aromatic heterocycles. The van der Waals surface area contributed by atoms with Crippen LogP contribution >= 0.6 is 0 Å². The smallest absolute Gasteiger partial charge is 0.140 e. The van der Waals surface area contributed by atoms with Gasteiger partial charge in [0.25, 0.3) is 0 Å². The number of H-pyrrole nitrogens is 1. The maximum atomic E-state index is 6.08. The predicted molar refractivity (Wildman–Crippen MR) is 134 cm³/mol. The van der Waals surface area contributed by atoms with Crippen molar-refractivity contribution in [2.45, 2.75) is 12.3 Å². The molecule has 0 amide bonds. The lowest BCUT2D eigenvalue weighted by atomic mass is 9.95. The summed E-state index contributed by atoms with van der Waals surface area (Å²) in [6.07, 6.45) is 4.54. The first kappa shape index (κ1) is 22.2. The van der Waals surface area contributed by atoms with Crippen molar-refractivity contribution in [3.05, 3.63) is 60.2 Å². The van der Waals surface area contributed by atoms with Gasteiger partial charge >= 0.3 is 0 Å². The lowest BCUT2D eigenvalue weighted by molar-refractivity contribution is 0.257. The van der Waals surface area contributed by atoms with Crippen LogP contribution in [0.5, 0.6) is 11.5 Å². The number of likely N-dealkylation sites (N-methyl/N-ethyl adjacent to an activating group) is 2. The molecule has 1 aliphatic heterocycles. The van der Waals surface area contributed by atoms with Crippen molar-refractivity contribution in [1.82, 2.24) is 25.1 Å². The zero-order valence-corrected chi connectivity index (χ0v) is 20.1. The van der Waals surface area contributed by atoms with Gasteiger partial charge in [-0.3, -0.25) is 5.10 Å². The quantitative estimate of drug-likeness (QED) is 0.452. The van der Waals surface area contributed by atoms with E-state index in [0.29, 0.717) is 6.61 Å². The van der Waals surface area contributed by atoms with Crippen LogP contribution in [0.4, 0.5) is 5.82 Å². The summed E-state index contributed by atoms with van der Waals surface area (Å²) >= 11 is 0. The van der Waals surface area contributed by atoms with E-state index in [1.165, 1.54) is 0 Å². The van der Waals surface area contributed by atoms with E-state index in [0.717, 1.165) is 70.2 Å². The van der Waals surface area contributed by atoms with Crippen LogP contribution < -0.4 is 14.4 Å². The number of hydrogen-bond donors (Lipinski definition) is 1. The Hall–Kier alpha value is -3.65. The van der Waals surface area contributed by atoms with Gasteiger partial charge in [0.15, 0.2) is 0 Å². The highest BCUT2D eigenvalue weighted by Crippen LogP contribution is 2.36. The van der Waals surface area contributed by atoms with E-state index in [1.54, 1.807) is 7.11 Å². The summed E-state index contributed by atoms with van der Waals surface area (Å²) in [7, 11) is 7.94. The van der Waals surface area contributed by atoms with Gasteiger partial charge < -0.3 is 19.3 Å². The van der Waals surface area contributed by atoms with E-state index >= 15 is 0 Å². The zero-order chi connectivity index (χ0) is 23.7. The summed E-state index contributed by atoms with van der Waals surface area (Å²) in [5, 5.41) is 8.02. The Morgan fingerprint density at radius 2 is 1.94 bits per heavy atom. The summed E-state index contributed by atoms with van der Waals surface area (Å²) in [6, 6.07) is 12.3. The van der Waals surface area contributed by atoms with Crippen molar-refractivity contribution >= 4 is 16.7 Å². The molecular weight excluding hydrogens is 428 g/mol. The van der Waals surface area contributed by atoms with Crippen LogP contribution in [0, 0.1) is 0 Å². The Bertz CT molecular complexity index is 1290. The van der Waals surface area contributed by atoms with Crippen LogP contribution in [0.1, 0.15) is 17.3 Å². The Morgan fingerprint density at radius 3 is 2.71 bits per heavy atom. The van der Waals surface area contributed by atoms with Crippen LogP contribution in [0.25, 0.3) is 22.0 Å². The fraction of sp³-hybridized carbons (Fsp3) is 0.346. The number of anilines is 1. The van der Waals surface area contributed by atoms with Gasteiger partial charge in [-0.1, -0.05) is 6.07 Å². The highest BCUT2D eigenvalue weighted by molar-refractivity contribution is 5.93. The average Bonchev–Trinajstić information content (AvgIpc) is 3.40. The fourth-order valence-electron chi connectivity index (χ4n) is 4.31. The first-order valence-electron chi connectivity index (χ1n) is 11.5. The molecule has 0 radical (unpaired) electrons. The van der Waals surface area contributed by atoms with Gasteiger partial charge in [0.05, 0.1) is 31.3 Å². The van der Waals surface area contributed by atoms with Crippen LogP contribution in [-0.2, 0) is 6.42 Å². The van der Waals surface area contributed by atoms with E-state index < -0.39 is 0 Å². The molecule has 34 heavy (non-hydrogen) atoms. The minimum atomic E-state index is 0.0681. The molecule has 0 aliphatic carbocycles. The average molecular weight is 459 g/mol. The van der Waals surface area contributed by atoms with Crippen LogP contribution in [-0.4, -0.2) is 73.0 Å². The van der Waals surface area contributed by atoms with E-state index in [-0.39, 0.29) is 5.92 Å². The van der Waals surface area contributed by atoms with Crippen LogP contribution in [0.2, 0.25) is 0 Å². The molecule has 1 atom stereocenters. The van der Waals surface area contributed by atoms with Gasteiger partial charge in [0.2, 0.25) is 0 Å². The van der Waals surface area contributed by atoms with Gasteiger partial charge in [0.1, 0.15) is 23.1 Å². The fourth-order valence-corrected chi connectivity index (χ4v) is 4.31. The maximum Gasteiger partial charge on any atom is 0.140 e. The van der Waals surface area contributed by atoms with Crippen LogP contribution in [0.3, 0.4) is 0 Å². The summed E-state index contributed by atoms with van der Waals surface area (Å²) in [5.74, 6) is 3.55. The van der Waals surface area contributed by atoms with Crippen molar-refractivity contribution in [3.63, 3.8) is 0 Å². The third-order valence-corrected chi connectivity index (χ3v) is 6.31. The topological polar surface area (TPSA) is 79.4 Å². The van der Waals surface area contributed by atoms with Gasteiger partial charge in [-0.15, -0.1) is 0 Å². The zero-order valence-electron chi connectivity index (χ0n) is 20.1. The summed E-state index contributed by atoms with van der Waals surface area (Å²) in [4.78, 5) is 14.5. The maximum absolute atomic E-state index is 6.08. The summed E-state index contributed by atoms with van der Waals surface area (Å²) in [6.45, 7) is 2.34. The number of nitrogens with one attached hydrogen (secondary N) is 1. The third-order valence-electron chi connectivity index (χ3n) is 6.31. The molecule has 8 heteroatoms. The molecule has 0 unspecified atom stereocenters. The minimum Gasteiger partial charge on any atom is -0.497 e. The van der Waals surface area contributed by atoms with E-state index in [1.807, 2.05) is 30.6 Å². The number of aromatic nitrogens is 4. The van der Waals surface area contributed by atoms with Gasteiger partial charge in [0, 0.05) is 37.3 Å². The van der Waals surface area contributed by atoms with E-state index in [9.17, 15) is 0 Å². The Morgan fingerprint density at radius 1 is 1.06 bits per heavy atom. The molecule has 3 heterocycles. The second kappa shape index (κ2) is 9.30. The van der Waals surface area contributed by atoms with Crippen molar-refractivity contribution in [1.29, 1.82) is 0 Å². The monoisotopic (exact) mass is 458 g/mol. The molecule has 8 nitrogen and oxygen atoms in total. The van der Waals surface area contributed by atoms with Gasteiger partial charge in [-0.2, -0.15) is 5.10 Å². The first-order chi connectivity index (χ1) is 16.5. The van der Waals surface area contributed by atoms with Gasteiger partial charge in [-0.05, 0) is 62.0 Å². The molecule has 1 aliphatic rings. The second-order valence-electron chi connectivity index (χ2n) is 9.03. The van der Waals surface area contributed by atoms with E-state index in [2.05, 4.69) is 59.3 Å².